The molecular weight excluding hydrogens is 1640 g/mol. The molecule has 0 aliphatic carbocycles. The molecule has 16 heteroatoms. The largest absolute Gasteiger partial charge is 0.452 e. The van der Waals surface area contributed by atoms with E-state index in [9.17, 15) is 0 Å². The molecule has 24 rings (SSSR count). The van der Waals surface area contributed by atoms with Crippen LogP contribution in [-0.2, 0) is 0 Å². The van der Waals surface area contributed by atoms with Gasteiger partial charge in [0.2, 0.25) is 15.9 Å². The fraction of sp³-hybridized carbons (Fsp3) is 0. The smallest absolute Gasteiger partial charge is 0.223 e. The van der Waals surface area contributed by atoms with E-state index in [-0.39, 0.29) is 15.9 Å². The van der Waals surface area contributed by atoms with Gasteiger partial charge in [-0.2, -0.15) is 0 Å². The van der Waals surface area contributed by atoms with Gasteiger partial charge < -0.3 is 17.7 Å². The van der Waals surface area contributed by atoms with E-state index in [2.05, 4.69) is 252 Å². The quantitative estimate of drug-likeness (QED) is 0.126. The molecule has 0 unspecified atom stereocenters. The maximum atomic E-state index is 6.43. The first kappa shape index (κ1) is 74.7. The van der Waals surface area contributed by atoms with Gasteiger partial charge in [0.15, 0.2) is 28.2 Å². The Morgan fingerprint density at radius 3 is 1.05 bits per heavy atom. The Morgan fingerprint density at radius 2 is 0.525 bits per heavy atom. The minimum absolute atomic E-state index is 0.199. The number of aromatic nitrogens is 8. The van der Waals surface area contributed by atoms with Crippen LogP contribution in [0.15, 0.2) is 398 Å². The SMILES string of the molecule is Brc1cccc(-c2nc(-c3ccccc3)c3oc4c5ccccc5ccc4c3n2)c1.Clc1nc(-c2cc(-c3ccccc3)cc(-c3ccccc3)c2)c2oc3ccccc3c2n1.Clc1nc(-c2ccc(-c3ccc4ccccc4c3)cc2)c2oc3ccccc3c2n1.Clc1nc(-c2ccc3cc(-c4ccccc4)ccc3c2)c2oc3ccccc3c2n1. The molecule has 578 valence electrons. The predicted octanol–water partition coefficient (Wildman–Crippen LogP) is 30.7. The van der Waals surface area contributed by atoms with Crippen molar-refractivity contribution in [3.05, 3.63) is 396 Å². The minimum Gasteiger partial charge on any atom is -0.452 e. The van der Waals surface area contributed by atoms with Crippen LogP contribution in [0.3, 0.4) is 0 Å². The molecule has 0 fully saturated rings. The Balaban J connectivity index is 0.000000100. The summed E-state index contributed by atoms with van der Waals surface area (Å²) < 4.78 is 25.8. The van der Waals surface area contributed by atoms with Crippen molar-refractivity contribution in [1.82, 2.24) is 39.9 Å². The summed E-state index contributed by atoms with van der Waals surface area (Å²) in [7, 11) is 0. The number of fused-ring (bicyclic) bond motifs is 16. The molecule has 8 heterocycles. The number of nitrogens with zero attached hydrogens (tertiary/aromatic N) is 8. The van der Waals surface area contributed by atoms with Crippen LogP contribution in [0.5, 0.6) is 0 Å². The Labute approximate surface area is 720 Å². The van der Waals surface area contributed by atoms with Crippen molar-refractivity contribution in [2.75, 3.05) is 0 Å². The van der Waals surface area contributed by atoms with E-state index in [1.54, 1.807) is 0 Å². The van der Waals surface area contributed by atoms with Gasteiger partial charge >= 0.3 is 0 Å². The molecule has 0 atom stereocenters. The summed E-state index contributed by atoms with van der Waals surface area (Å²) in [5.41, 5.74) is 25.7. The van der Waals surface area contributed by atoms with Gasteiger partial charge in [0.1, 0.15) is 67.2 Å². The number of hydrogen-bond acceptors (Lipinski definition) is 12. The van der Waals surface area contributed by atoms with Gasteiger partial charge in [0, 0.05) is 59.2 Å². The first-order valence-electron chi connectivity index (χ1n) is 39.5. The summed E-state index contributed by atoms with van der Waals surface area (Å²) in [6.45, 7) is 0. The van der Waals surface area contributed by atoms with Gasteiger partial charge in [-0.15, -0.1) is 0 Å². The molecule has 0 aliphatic heterocycles. The number of hydrogen-bond donors (Lipinski definition) is 0. The lowest BCUT2D eigenvalue weighted by Gasteiger charge is -2.11. The summed E-state index contributed by atoms with van der Waals surface area (Å²) in [5, 5.41) is 11.4. The van der Waals surface area contributed by atoms with Crippen molar-refractivity contribution in [2.45, 2.75) is 0 Å². The minimum atomic E-state index is 0.199. The summed E-state index contributed by atoms with van der Waals surface area (Å²) in [6.07, 6.45) is 0. The number of rotatable bonds is 9. The zero-order valence-corrected chi connectivity index (χ0v) is 68.4. The molecule has 16 aromatic carbocycles. The van der Waals surface area contributed by atoms with Crippen LogP contribution in [0.1, 0.15) is 0 Å². The molecule has 0 bridgehead atoms. The van der Waals surface area contributed by atoms with Crippen LogP contribution in [0.2, 0.25) is 15.9 Å². The lowest BCUT2D eigenvalue weighted by atomic mass is 9.95. The first-order valence-corrected chi connectivity index (χ1v) is 41.4. The van der Waals surface area contributed by atoms with Crippen LogP contribution in [0, 0.1) is 0 Å². The molecule has 24 aromatic rings. The lowest BCUT2D eigenvalue weighted by Crippen LogP contribution is -1.93. The van der Waals surface area contributed by atoms with E-state index in [0.717, 1.165) is 148 Å². The Kier molecular flexibility index (Phi) is 19.7. The topological polar surface area (TPSA) is 156 Å². The van der Waals surface area contributed by atoms with Crippen molar-refractivity contribution < 1.29 is 17.7 Å². The summed E-state index contributed by atoms with van der Waals surface area (Å²) >= 11 is 22.5. The van der Waals surface area contributed by atoms with Crippen molar-refractivity contribution in [2.24, 2.45) is 0 Å². The van der Waals surface area contributed by atoms with E-state index >= 15 is 0 Å². The van der Waals surface area contributed by atoms with E-state index in [4.69, 9.17) is 62.4 Å². The molecule has 0 saturated heterocycles. The van der Waals surface area contributed by atoms with Gasteiger partial charge in [0.05, 0.1) is 0 Å². The second-order valence-corrected chi connectivity index (χ2v) is 31.3. The molecule has 0 saturated carbocycles. The zero-order chi connectivity index (χ0) is 81.7. The number of para-hydroxylation sites is 3. The average Bonchev–Trinajstić information content (AvgIpc) is 1.61. The maximum Gasteiger partial charge on any atom is 0.223 e. The highest BCUT2D eigenvalue weighted by molar-refractivity contribution is 9.10. The van der Waals surface area contributed by atoms with E-state index in [1.165, 1.54) is 32.8 Å². The van der Waals surface area contributed by atoms with Gasteiger partial charge in [-0.05, 0) is 197 Å². The predicted molar refractivity (Wildman–Crippen MR) is 501 cm³/mol. The van der Waals surface area contributed by atoms with Crippen LogP contribution < -0.4 is 0 Å². The van der Waals surface area contributed by atoms with Crippen LogP contribution in [0.25, 0.3) is 222 Å². The van der Waals surface area contributed by atoms with Crippen molar-refractivity contribution in [3.63, 3.8) is 0 Å². The molecule has 122 heavy (non-hydrogen) atoms. The van der Waals surface area contributed by atoms with Crippen LogP contribution in [-0.4, -0.2) is 39.9 Å². The third-order valence-corrected chi connectivity index (χ3v) is 22.8. The van der Waals surface area contributed by atoms with Crippen molar-refractivity contribution in [1.29, 1.82) is 0 Å². The number of benzene rings is 16. The average molecular weight is 1700 g/mol. The second kappa shape index (κ2) is 32.1. The van der Waals surface area contributed by atoms with E-state index in [0.29, 0.717) is 45.2 Å². The molecule has 0 radical (unpaired) electrons. The standard InChI is InChI=1S/C28H17ClN2O.C26H15BrN2O.2C26H15ClN2O/c29-28-30-25(27-26(31-28)23-13-7-8-14-24(23)32-27)22-16-20(18-9-3-1-4-10-18)15-21(17-22)19-11-5-2-6-12-19;27-19-11-6-10-18(15-19)26-28-22(17-8-2-1-3-9-17)25-23(29-26)21-14-13-16-7-4-5-12-20(16)24(21)30-25;27-26-28-23(25-24(29-26)21-7-3-4-8-22(21)30-25)18-12-9-17(10-13-18)20-14-11-16-5-1-2-6-19(16)15-20;27-26-28-23(25-24(29-26)21-8-4-5-9-22(21)30-25)20-13-12-18-14-17(10-11-19(18)15-20)16-6-2-1-3-7-16/h1-17H;3*1-15H. The number of halogens is 4. The maximum absolute atomic E-state index is 6.43. The summed E-state index contributed by atoms with van der Waals surface area (Å²) in [4.78, 5) is 36.7. The first-order chi connectivity index (χ1) is 60.1. The van der Waals surface area contributed by atoms with Gasteiger partial charge in [-0.3, -0.25) is 0 Å². The van der Waals surface area contributed by atoms with Gasteiger partial charge in [0.25, 0.3) is 0 Å². The van der Waals surface area contributed by atoms with Crippen LogP contribution in [0.4, 0.5) is 0 Å². The summed E-state index contributed by atoms with van der Waals surface area (Å²) in [5.74, 6) is 0.679. The van der Waals surface area contributed by atoms with Crippen molar-refractivity contribution in [3.8, 4) is 101 Å². The Bertz CT molecular complexity index is 8090. The highest BCUT2D eigenvalue weighted by Crippen LogP contribution is 2.44. The Hall–Kier alpha value is -14.8. The summed E-state index contributed by atoms with van der Waals surface area (Å²) in [6, 6.07) is 128. The monoisotopic (exact) mass is 1690 g/mol. The van der Waals surface area contributed by atoms with E-state index in [1.807, 2.05) is 170 Å². The van der Waals surface area contributed by atoms with E-state index < -0.39 is 0 Å². The third-order valence-electron chi connectivity index (χ3n) is 21.8. The second-order valence-electron chi connectivity index (χ2n) is 29.4. The molecule has 0 spiro atoms. The molecule has 0 N–H and O–H groups in total. The lowest BCUT2D eigenvalue weighted by molar-refractivity contribution is 0.667. The zero-order valence-electron chi connectivity index (χ0n) is 64.5. The molecular formula is C106H62BrCl3N8O4. The molecule has 0 amide bonds. The van der Waals surface area contributed by atoms with Crippen molar-refractivity contribution >= 4 is 171 Å². The van der Waals surface area contributed by atoms with Crippen LogP contribution >= 0.6 is 50.7 Å². The highest BCUT2D eigenvalue weighted by atomic mass is 79.9. The normalized spacial score (nSPS) is 11.4. The third kappa shape index (κ3) is 14.5. The number of furan rings is 4. The molecule has 12 nitrogen and oxygen atoms in total. The van der Waals surface area contributed by atoms with Gasteiger partial charge in [-0.25, -0.2) is 39.9 Å². The fourth-order valence-corrected chi connectivity index (χ4v) is 16.9. The van der Waals surface area contributed by atoms with Gasteiger partial charge in [-0.1, -0.05) is 301 Å². The highest BCUT2D eigenvalue weighted by Gasteiger charge is 2.24. The molecule has 8 aromatic heterocycles. The Morgan fingerprint density at radius 1 is 0.189 bits per heavy atom. The fourth-order valence-electron chi connectivity index (χ4n) is 15.9. The molecule has 0 aliphatic rings.